The first-order valence-electron chi connectivity index (χ1n) is 11.8. The van der Waals surface area contributed by atoms with Crippen LogP contribution in [-0.4, -0.2) is 68.9 Å². The quantitative estimate of drug-likeness (QED) is 0.686. The summed E-state index contributed by atoms with van der Waals surface area (Å²) in [4.78, 5) is 19.9. The fourth-order valence-electron chi connectivity index (χ4n) is 5.43. The number of amides is 1. The first-order valence-corrected chi connectivity index (χ1v) is 11.8. The van der Waals surface area contributed by atoms with Gasteiger partial charge in [0.2, 0.25) is 0 Å². The van der Waals surface area contributed by atoms with E-state index in [-0.39, 0.29) is 12.1 Å². The van der Waals surface area contributed by atoms with Crippen molar-refractivity contribution in [3.8, 4) is 0 Å². The molecule has 0 saturated carbocycles. The summed E-state index contributed by atoms with van der Waals surface area (Å²) in [7, 11) is 1.76. The lowest BCUT2D eigenvalue weighted by molar-refractivity contribution is 0.0694. The number of rotatable bonds is 6. The van der Waals surface area contributed by atoms with Crippen LogP contribution in [0.15, 0.2) is 48.5 Å². The van der Waals surface area contributed by atoms with Crippen LogP contribution in [0.2, 0.25) is 0 Å². The summed E-state index contributed by atoms with van der Waals surface area (Å²) >= 11 is 0. The van der Waals surface area contributed by atoms with Crippen molar-refractivity contribution in [3.63, 3.8) is 0 Å². The van der Waals surface area contributed by atoms with Crippen molar-refractivity contribution in [2.24, 2.45) is 0 Å². The number of methoxy groups -OCH3 is 1. The first-order chi connectivity index (χ1) is 15.7. The van der Waals surface area contributed by atoms with E-state index in [2.05, 4.69) is 28.0 Å². The Kier molecular flexibility index (Phi) is 6.32. The number of anilines is 1. The Morgan fingerprint density at radius 1 is 1.00 bits per heavy atom. The van der Waals surface area contributed by atoms with E-state index in [0.717, 1.165) is 64.3 Å². The zero-order valence-electron chi connectivity index (χ0n) is 18.9. The molecule has 1 aliphatic carbocycles. The highest BCUT2D eigenvalue weighted by atomic mass is 16.6. The number of hydrogen-bond donors (Lipinski definition) is 0. The van der Waals surface area contributed by atoms with Gasteiger partial charge in [-0.1, -0.05) is 36.4 Å². The van der Waals surface area contributed by atoms with Gasteiger partial charge in [-0.15, -0.1) is 0 Å². The number of benzene rings is 2. The lowest BCUT2D eigenvalue weighted by atomic mass is 9.96. The fraction of sp³-hybridized carbons (Fsp3) is 0.500. The molecule has 2 aromatic rings. The van der Waals surface area contributed by atoms with Gasteiger partial charge in [0.15, 0.2) is 0 Å². The van der Waals surface area contributed by atoms with E-state index in [1.54, 1.807) is 7.11 Å². The van der Waals surface area contributed by atoms with Crippen molar-refractivity contribution in [2.45, 2.75) is 31.4 Å². The van der Waals surface area contributed by atoms with E-state index < -0.39 is 0 Å². The fourth-order valence-corrected chi connectivity index (χ4v) is 5.43. The van der Waals surface area contributed by atoms with Crippen molar-refractivity contribution in [1.82, 2.24) is 9.80 Å². The zero-order valence-corrected chi connectivity index (χ0v) is 18.9. The topological polar surface area (TPSA) is 45.2 Å². The largest absolute Gasteiger partial charge is 0.445 e. The van der Waals surface area contributed by atoms with Crippen LogP contribution in [-0.2, 0) is 16.1 Å². The van der Waals surface area contributed by atoms with Crippen LogP contribution >= 0.6 is 0 Å². The maximum absolute atomic E-state index is 13.0. The molecule has 6 nitrogen and oxygen atoms in total. The second-order valence-electron chi connectivity index (χ2n) is 9.11. The Bertz CT molecular complexity index is 927. The third kappa shape index (κ3) is 4.34. The van der Waals surface area contributed by atoms with E-state index in [9.17, 15) is 4.79 Å². The minimum absolute atomic E-state index is 0.134. The Morgan fingerprint density at radius 2 is 1.81 bits per heavy atom. The molecule has 5 rings (SSSR count). The molecule has 0 unspecified atom stereocenters. The molecule has 32 heavy (non-hydrogen) atoms. The molecule has 0 radical (unpaired) electrons. The number of piperazine rings is 1. The average Bonchev–Trinajstić information content (AvgIpc) is 3.13. The molecule has 170 valence electrons. The van der Waals surface area contributed by atoms with Crippen LogP contribution in [0.4, 0.5) is 10.5 Å². The average molecular weight is 436 g/mol. The molecular formula is C26H33N3O3. The SMILES string of the molecule is COCCN1CCN(c2ccc3c(c2)[C@@H]2C[C@H]3CCN2C(=O)OCc2ccccc2)CC1. The lowest BCUT2D eigenvalue weighted by Gasteiger charge is -2.36. The number of piperidine rings is 1. The van der Waals surface area contributed by atoms with Gasteiger partial charge in [0.25, 0.3) is 0 Å². The molecule has 0 aromatic heterocycles. The van der Waals surface area contributed by atoms with Crippen molar-refractivity contribution in [2.75, 3.05) is 57.9 Å². The van der Waals surface area contributed by atoms with Crippen LogP contribution < -0.4 is 4.90 Å². The predicted molar refractivity (Wildman–Crippen MR) is 125 cm³/mol. The van der Waals surface area contributed by atoms with Gasteiger partial charge in [-0.3, -0.25) is 4.90 Å². The van der Waals surface area contributed by atoms with E-state index in [1.807, 2.05) is 35.2 Å². The molecule has 0 spiro atoms. The zero-order chi connectivity index (χ0) is 21.9. The van der Waals surface area contributed by atoms with Crippen LogP contribution in [0.3, 0.4) is 0 Å². The molecule has 0 N–H and O–H groups in total. The van der Waals surface area contributed by atoms with Crippen molar-refractivity contribution in [1.29, 1.82) is 0 Å². The molecule has 2 bridgehead atoms. The standard InChI is InChI=1S/C26H33N3O3/c1-31-16-15-27-11-13-28(14-12-27)22-7-8-23-21-9-10-29(25(17-21)24(23)18-22)26(30)32-19-20-5-3-2-4-6-20/h2-8,18,21,25H,9-17,19H2,1H3/t21-,25+/m1/s1. The van der Waals surface area contributed by atoms with Gasteiger partial charge in [0.05, 0.1) is 12.6 Å². The Morgan fingerprint density at radius 3 is 2.59 bits per heavy atom. The highest BCUT2D eigenvalue weighted by Gasteiger charge is 2.41. The lowest BCUT2D eigenvalue weighted by Crippen LogP contribution is -2.47. The van der Waals surface area contributed by atoms with Gasteiger partial charge in [-0.2, -0.15) is 0 Å². The number of ether oxygens (including phenoxy) is 2. The van der Waals surface area contributed by atoms with Crippen molar-refractivity contribution in [3.05, 3.63) is 65.2 Å². The maximum atomic E-state index is 13.0. The number of likely N-dealkylation sites (tertiary alicyclic amines) is 1. The molecule has 2 heterocycles. The smallest absolute Gasteiger partial charge is 0.410 e. The van der Waals surface area contributed by atoms with E-state index in [0.29, 0.717) is 12.5 Å². The number of nitrogens with zero attached hydrogens (tertiary/aromatic N) is 3. The summed E-state index contributed by atoms with van der Waals surface area (Å²) in [5, 5.41) is 0. The van der Waals surface area contributed by atoms with Gasteiger partial charge < -0.3 is 19.3 Å². The van der Waals surface area contributed by atoms with Gasteiger partial charge in [-0.25, -0.2) is 4.79 Å². The maximum Gasteiger partial charge on any atom is 0.410 e. The molecular weight excluding hydrogens is 402 g/mol. The normalized spacial score (nSPS) is 22.7. The summed E-state index contributed by atoms with van der Waals surface area (Å²) in [5.74, 6) is 0.563. The Balaban J connectivity index is 1.26. The van der Waals surface area contributed by atoms with Crippen LogP contribution in [0.25, 0.3) is 0 Å². The van der Waals surface area contributed by atoms with Gasteiger partial charge in [0.1, 0.15) is 6.61 Å². The minimum atomic E-state index is -0.192. The summed E-state index contributed by atoms with van der Waals surface area (Å²) in [6, 6.07) is 17.0. The second kappa shape index (κ2) is 9.51. The van der Waals surface area contributed by atoms with Crippen LogP contribution in [0.1, 0.15) is 41.5 Å². The van der Waals surface area contributed by atoms with E-state index in [1.165, 1.54) is 16.8 Å². The Hall–Kier alpha value is -2.57. The monoisotopic (exact) mass is 435 g/mol. The molecule has 2 saturated heterocycles. The summed E-state index contributed by atoms with van der Waals surface area (Å²) < 4.78 is 10.9. The number of carbonyl (C=O) groups is 1. The number of carbonyl (C=O) groups excluding carboxylic acids is 1. The Labute approximate surface area is 190 Å². The predicted octanol–water partition coefficient (Wildman–Crippen LogP) is 4.03. The van der Waals surface area contributed by atoms with Crippen LogP contribution in [0.5, 0.6) is 0 Å². The molecule has 6 heteroatoms. The molecule has 2 atom stereocenters. The summed E-state index contributed by atoms with van der Waals surface area (Å²) in [6.45, 7) is 7.06. The third-order valence-electron chi connectivity index (χ3n) is 7.26. The van der Waals surface area contributed by atoms with Crippen molar-refractivity contribution < 1.29 is 14.3 Å². The molecule has 3 aliphatic rings. The van der Waals surface area contributed by atoms with Crippen LogP contribution in [0, 0.1) is 0 Å². The molecule has 2 fully saturated rings. The molecule has 2 aromatic carbocycles. The van der Waals surface area contributed by atoms with Gasteiger partial charge in [0, 0.05) is 52.1 Å². The first kappa shape index (κ1) is 21.3. The minimum Gasteiger partial charge on any atom is -0.445 e. The van der Waals surface area contributed by atoms with Crippen molar-refractivity contribution >= 4 is 11.8 Å². The summed E-state index contributed by atoms with van der Waals surface area (Å²) in [5.41, 5.74) is 5.05. The highest BCUT2D eigenvalue weighted by molar-refractivity contribution is 5.70. The number of fused-ring (bicyclic) bond motifs is 5. The highest BCUT2D eigenvalue weighted by Crippen LogP contribution is 2.50. The van der Waals surface area contributed by atoms with Gasteiger partial charge >= 0.3 is 6.09 Å². The third-order valence-corrected chi connectivity index (χ3v) is 7.26. The van der Waals surface area contributed by atoms with Gasteiger partial charge in [-0.05, 0) is 47.6 Å². The van der Waals surface area contributed by atoms with E-state index >= 15 is 0 Å². The molecule has 2 aliphatic heterocycles. The molecule has 1 amide bonds. The number of hydrogen-bond acceptors (Lipinski definition) is 5. The second-order valence-corrected chi connectivity index (χ2v) is 9.11. The van der Waals surface area contributed by atoms with E-state index in [4.69, 9.17) is 9.47 Å². The summed E-state index contributed by atoms with van der Waals surface area (Å²) in [6.07, 6.45) is 1.84.